The molecule has 0 aliphatic rings. The topological polar surface area (TPSA) is 527 Å². The van der Waals surface area contributed by atoms with Crippen molar-refractivity contribution >= 4 is 181 Å². The Bertz CT molecular complexity index is 5910. The smallest absolute Gasteiger partial charge is 0.306 e. The Morgan fingerprint density at radius 1 is 0.281 bits per heavy atom. The van der Waals surface area contributed by atoms with Gasteiger partial charge in [-0.1, -0.05) is 105 Å². The van der Waals surface area contributed by atoms with Gasteiger partial charge in [0.2, 0.25) is 38.2 Å². The second kappa shape index (κ2) is 63.7. The lowest BCUT2D eigenvalue weighted by Crippen LogP contribution is -2.25. The summed E-state index contributed by atoms with van der Waals surface area (Å²) >= 11 is 11.2. The monoisotopic (exact) mass is 2150 g/mol. The number of Topliss-reactive ketones (excluding diaryl/α,β-unsaturated/α-hetero) is 6. The molecule has 5 N–H and O–H groups in total. The Morgan fingerprint density at radius 3 is 0.952 bits per heavy atom. The fourth-order valence-corrected chi connectivity index (χ4v) is 20.3. The van der Waals surface area contributed by atoms with E-state index in [1.54, 1.807) is 6.92 Å². The summed E-state index contributed by atoms with van der Waals surface area (Å²) in [6.45, 7) is 20.9. The zero-order valence-electron chi connectivity index (χ0n) is 83.9. The number of benzene rings is 4. The molecule has 4 aromatic carbocycles. The van der Waals surface area contributed by atoms with Crippen molar-refractivity contribution in [3.63, 3.8) is 0 Å². The molecule has 39 nitrogen and oxygen atoms in total. The van der Waals surface area contributed by atoms with Crippen LogP contribution in [0.1, 0.15) is 228 Å². The minimum atomic E-state index is -0.367. The Kier molecular flexibility index (Phi) is 51.0. The van der Waals surface area contributed by atoms with E-state index >= 15 is 0 Å². The summed E-state index contributed by atoms with van der Waals surface area (Å²) in [6.07, 6.45) is 16.1. The summed E-state index contributed by atoms with van der Waals surface area (Å²) in [6, 6.07) is 23.6. The molecule has 0 spiro atoms. The van der Waals surface area contributed by atoms with Crippen LogP contribution in [0, 0.1) is 55.4 Å². The number of esters is 1. The minimum absolute atomic E-state index is 0.00382. The molecule has 8 aromatic heterocycles. The number of nitrogens with zero attached hydrogens (tertiary/aromatic N) is 16. The number of nitrogens with one attached hydrogen (secondary N) is 5. The van der Waals surface area contributed by atoms with Gasteiger partial charge in [0.05, 0.1) is 38.7 Å². The second-order valence-electron chi connectivity index (χ2n) is 34.0. The van der Waals surface area contributed by atoms with E-state index in [0.29, 0.717) is 72.9 Å². The maximum atomic E-state index is 12.4. The molecule has 5 amide bonds. The van der Waals surface area contributed by atoms with E-state index in [2.05, 4.69) is 108 Å². The van der Waals surface area contributed by atoms with Crippen molar-refractivity contribution in [1.29, 1.82) is 0 Å². The highest BCUT2D eigenvalue weighted by atomic mass is 32.1. The molecule has 47 heteroatoms. The van der Waals surface area contributed by atoms with Gasteiger partial charge in [0, 0.05) is 110 Å². The van der Waals surface area contributed by atoms with Crippen molar-refractivity contribution in [2.45, 2.75) is 256 Å². The molecule has 0 aliphatic carbocycles. The largest absolute Gasteiger partial charge is 0.486 e. The fraction of sp³-hybridized carbons (Fsp3) is 0.475. The van der Waals surface area contributed by atoms with Crippen molar-refractivity contribution in [2.24, 2.45) is 0 Å². The van der Waals surface area contributed by atoms with Gasteiger partial charge in [-0.3, -0.25) is 63.4 Å². The molecule has 780 valence electrons. The summed E-state index contributed by atoms with van der Waals surface area (Å²) < 4.78 is 32.2. The first-order valence-electron chi connectivity index (χ1n) is 47.7. The van der Waals surface area contributed by atoms with Crippen LogP contribution in [-0.4, -0.2) is 205 Å². The third-order valence-corrected chi connectivity index (χ3v) is 28.3. The molecule has 0 bridgehead atoms. The Labute approximate surface area is 878 Å². The van der Waals surface area contributed by atoms with E-state index in [4.69, 9.17) is 28.4 Å². The van der Waals surface area contributed by atoms with Crippen LogP contribution in [0.2, 0.25) is 0 Å². The first-order chi connectivity index (χ1) is 70.2. The zero-order chi connectivity index (χ0) is 105. The second-order valence-corrected chi connectivity index (χ2v) is 42.9. The van der Waals surface area contributed by atoms with E-state index in [-0.39, 0.29) is 168 Å². The van der Waals surface area contributed by atoms with Crippen LogP contribution in [-0.2, 0) is 144 Å². The van der Waals surface area contributed by atoms with Gasteiger partial charge in [0.15, 0.2) is 30.6 Å². The van der Waals surface area contributed by atoms with E-state index in [0.717, 1.165) is 204 Å². The number of aryl methyl sites for hydroxylation is 16. The van der Waals surface area contributed by atoms with Gasteiger partial charge >= 0.3 is 5.97 Å². The van der Waals surface area contributed by atoms with Crippen molar-refractivity contribution in [2.75, 3.05) is 74.6 Å². The molecule has 0 saturated heterocycles. The lowest BCUT2D eigenvalue weighted by molar-refractivity contribution is -0.144. The molecular weight excluding hydrogens is 2030 g/mol. The number of carbonyl (C=O) groups is 12. The average molecular weight is 2150 g/mol. The predicted molar refractivity (Wildman–Crippen MR) is 561 cm³/mol. The minimum Gasteiger partial charge on any atom is -0.486 e. The number of methoxy groups -OCH3 is 1. The molecule has 0 saturated carbocycles. The molecule has 146 heavy (non-hydrogen) atoms. The lowest BCUT2D eigenvalue weighted by Gasteiger charge is -2.09. The van der Waals surface area contributed by atoms with Crippen LogP contribution in [0.4, 0.5) is 20.5 Å². The van der Waals surface area contributed by atoms with Crippen molar-refractivity contribution < 1.29 is 86.0 Å². The molecule has 0 aliphatic heterocycles. The summed E-state index contributed by atoms with van der Waals surface area (Å²) in [7, 11) is 1.44. The summed E-state index contributed by atoms with van der Waals surface area (Å²) in [5.74, 6) is 1.21. The summed E-state index contributed by atoms with van der Waals surface area (Å²) in [4.78, 5) is 141. The van der Waals surface area contributed by atoms with Crippen LogP contribution in [0.5, 0.6) is 23.0 Å². The average Bonchev–Trinajstić information content (AvgIpc) is 1.68. The SMILES string of the molecule is CC(=O)CCCC(=O)Cc1nnc(CCCCc2nnc(NC(=O)CCNC(C)=O)s2)s1.CCOC(=O)CCC(=O)Cc1nnc(CCCCc2nnc(NC(=O)CCC(=O)COC)s2)s1.Cc1ccc(C)c(OCC(=O)Cc2nnc(CCCCc3nnc(NC(=O)COc4cc(C)ccc4C)s3)s2)c1.Cc1ccc(OCC(=O)Cc2nnc(CCCCc3nnc(NC(=O)COc4ccc(C)cc4C)s3)s2)c(C)c1. The Hall–Kier alpha value is -12.6. The fourth-order valence-electron chi connectivity index (χ4n) is 13.4. The third-order valence-electron chi connectivity index (χ3n) is 20.8. The number of anilines is 4. The van der Waals surface area contributed by atoms with E-state index in [1.165, 1.54) is 112 Å². The number of rotatable bonds is 60. The molecular formula is C99H123N21O18S8. The number of aromatic nitrogens is 16. The van der Waals surface area contributed by atoms with Gasteiger partial charge < -0.3 is 49.2 Å². The number of unbranched alkanes of at least 4 members (excludes halogenated alkanes) is 4. The van der Waals surface area contributed by atoms with E-state index in [9.17, 15) is 57.5 Å². The number of hydrogen-bond acceptors (Lipinski definition) is 42. The third kappa shape index (κ3) is 46.4. The van der Waals surface area contributed by atoms with Crippen molar-refractivity contribution in [3.8, 4) is 23.0 Å². The van der Waals surface area contributed by atoms with E-state index in [1.807, 2.05) is 128 Å². The molecule has 0 radical (unpaired) electrons. The van der Waals surface area contributed by atoms with E-state index < -0.39 is 0 Å². The molecule has 8 heterocycles. The van der Waals surface area contributed by atoms with Crippen LogP contribution in [0.15, 0.2) is 72.8 Å². The first kappa shape index (κ1) is 117. The quantitative estimate of drug-likeness (QED) is 0.0175. The summed E-state index contributed by atoms with van der Waals surface area (Å²) in [5.41, 5.74) is 8.46. The normalized spacial score (nSPS) is 10.8. The van der Waals surface area contributed by atoms with Gasteiger partial charge in [-0.15, -0.1) is 127 Å². The number of ketones is 6. The predicted octanol–water partition coefficient (Wildman–Crippen LogP) is 15.4. The van der Waals surface area contributed by atoms with Gasteiger partial charge in [-0.2, -0.15) is 0 Å². The Balaban J connectivity index is 0.000000218. The molecule has 12 rings (SSSR count). The highest BCUT2D eigenvalue weighted by Gasteiger charge is 2.22. The lowest BCUT2D eigenvalue weighted by atomic mass is 10.1. The maximum Gasteiger partial charge on any atom is 0.306 e. The number of ether oxygens (including phenoxy) is 6. The van der Waals surface area contributed by atoms with Crippen molar-refractivity contribution in [1.82, 2.24) is 86.9 Å². The van der Waals surface area contributed by atoms with Crippen LogP contribution >= 0.6 is 90.7 Å². The maximum absolute atomic E-state index is 12.4. The number of amides is 5. The van der Waals surface area contributed by atoms with Gasteiger partial charge in [0.25, 0.3) is 11.8 Å². The Morgan fingerprint density at radius 2 is 0.589 bits per heavy atom. The van der Waals surface area contributed by atoms with Gasteiger partial charge in [0.1, 0.15) is 120 Å². The van der Waals surface area contributed by atoms with Crippen LogP contribution in [0.3, 0.4) is 0 Å². The summed E-state index contributed by atoms with van der Waals surface area (Å²) in [5, 5.41) is 90.8. The number of hydrogen-bond donors (Lipinski definition) is 5. The van der Waals surface area contributed by atoms with Crippen LogP contribution in [0.25, 0.3) is 0 Å². The molecule has 0 fully saturated rings. The van der Waals surface area contributed by atoms with Gasteiger partial charge in [-0.25, -0.2) is 0 Å². The molecule has 0 unspecified atom stereocenters. The van der Waals surface area contributed by atoms with Crippen molar-refractivity contribution in [3.05, 3.63) is 177 Å². The zero-order valence-corrected chi connectivity index (χ0v) is 90.5. The highest BCUT2D eigenvalue weighted by Crippen LogP contribution is 2.29. The standard InChI is InChI=1S/2C29H33N5O4S2.C21H29N5O6S2.C20H28N6O4S2/c1-18-9-11-23(20(3)13-18)37-16-22(35)15-28-33-31-26(39-28)7-5-6-8-27-32-34-29(40-27)30-25(36)17-38-24-12-10-19(2)14-21(24)4;1-18-9-11-20(3)23(13-18)37-16-22(35)15-28-33-31-26(39-28)7-5-6-8-27-32-34-29(40-27)30-25(36)17-38-24-14-19(2)10-12-21(24)4;1-3-32-20(30)11-9-14(27)12-19-25-23-17(33-19)6-4-5-7-18-24-26-21(34-18)22-16(29)10-8-15(28)13-31-2;1-13(27)6-5-7-15(29)12-19-25-23-17(31-19)8-3-4-9-18-24-26-20(32-18)22-16(30)10-11-21-14(2)28/h2*9-14H,5-8,15-17H2,1-4H3,(H,30,34,36);3-13H2,1-2H3,(H,22,26,29);3-12H2,1-2H3,(H,21,28)(H,22,26,30). The highest BCUT2D eigenvalue weighted by molar-refractivity contribution is 7.16. The first-order valence-corrected chi connectivity index (χ1v) is 54.2. The molecule has 0 atom stereocenters. The van der Waals surface area contributed by atoms with Gasteiger partial charge in [-0.05, 0) is 185 Å². The number of carbonyl (C=O) groups excluding carboxylic acids is 12. The molecule has 12 aromatic rings. The van der Waals surface area contributed by atoms with Crippen LogP contribution < -0.4 is 45.5 Å².